The van der Waals surface area contributed by atoms with Crippen LogP contribution in [0.3, 0.4) is 0 Å². The maximum absolute atomic E-state index is 12.4. The summed E-state index contributed by atoms with van der Waals surface area (Å²) in [7, 11) is 1.53. The van der Waals surface area contributed by atoms with Crippen LogP contribution in [0.4, 0.5) is 16.2 Å². The molecule has 2 N–H and O–H groups in total. The Morgan fingerprint density at radius 2 is 1.77 bits per heavy atom. The van der Waals surface area contributed by atoms with Gasteiger partial charge in [0.15, 0.2) is 0 Å². The Kier molecular flexibility index (Phi) is 5.63. The number of rotatable bonds is 5. The summed E-state index contributed by atoms with van der Waals surface area (Å²) in [4.78, 5) is 20.9. The van der Waals surface area contributed by atoms with E-state index in [2.05, 4.69) is 20.6 Å². The number of imidazole rings is 1. The molecule has 2 heterocycles. The molecule has 2 aromatic heterocycles. The number of carbonyl (C=O) groups excluding carboxylic acids is 1. The number of anilines is 2. The number of ether oxygens (including phenoxy) is 1. The van der Waals surface area contributed by atoms with Gasteiger partial charge in [0.05, 0.1) is 12.8 Å². The molecule has 0 aliphatic rings. The lowest BCUT2D eigenvalue weighted by Gasteiger charge is -2.12. The number of hydrogen-bond acceptors (Lipinski definition) is 4. The van der Waals surface area contributed by atoms with Crippen molar-refractivity contribution in [1.82, 2.24) is 14.5 Å². The second-order valence-electron chi connectivity index (χ2n) is 6.33. The highest BCUT2D eigenvalue weighted by Gasteiger charge is 2.10. The minimum atomic E-state index is -0.400. The summed E-state index contributed by atoms with van der Waals surface area (Å²) < 4.78 is 7.21. The van der Waals surface area contributed by atoms with Gasteiger partial charge >= 0.3 is 6.03 Å². The van der Waals surface area contributed by atoms with E-state index in [0.29, 0.717) is 22.1 Å². The van der Waals surface area contributed by atoms with Crippen LogP contribution in [0, 0.1) is 0 Å². The van der Waals surface area contributed by atoms with Crippen LogP contribution in [-0.2, 0) is 0 Å². The van der Waals surface area contributed by atoms with Gasteiger partial charge in [-0.15, -0.1) is 0 Å². The monoisotopic (exact) mass is 419 g/mol. The fourth-order valence-corrected chi connectivity index (χ4v) is 3.17. The molecule has 0 aliphatic carbocycles. The van der Waals surface area contributed by atoms with Gasteiger partial charge in [0, 0.05) is 46.7 Å². The Morgan fingerprint density at radius 1 is 1.00 bits per heavy atom. The second-order valence-corrected chi connectivity index (χ2v) is 6.76. The topological polar surface area (TPSA) is 81.1 Å². The van der Waals surface area contributed by atoms with E-state index < -0.39 is 6.03 Å². The fraction of sp³-hybridized carbons (Fsp3) is 0.0455. The average molecular weight is 420 g/mol. The maximum atomic E-state index is 12.4. The van der Waals surface area contributed by atoms with Crippen LogP contribution >= 0.6 is 11.6 Å². The van der Waals surface area contributed by atoms with E-state index in [9.17, 15) is 4.79 Å². The van der Waals surface area contributed by atoms with Gasteiger partial charge in [0.25, 0.3) is 0 Å². The first-order valence-electron chi connectivity index (χ1n) is 9.10. The van der Waals surface area contributed by atoms with Gasteiger partial charge in [0.1, 0.15) is 11.6 Å². The second kappa shape index (κ2) is 8.67. The zero-order valence-corrected chi connectivity index (χ0v) is 16.8. The van der Waals surface area contributed by atoms with Gasteiger partial charge in [-0.1, -0.05) is 11.6 Å². The van der Waals surface area contributed by atoms with Crippen molar-refractivity contribution in [3.05, 3.63) is 84.4 Å². The lowest BCUT2D eigenvalue weighted by atomic mass is 10.2. The van der Waals surface area contributed by atoms with E-state index in [1.54, 1.807) is 36.8 Å². The summed E-state index contributed by atoms with van der Waals surface area (Å²) in [5, 5.41) is 6.04. The number of amides is 2. The molecule has 0 unspecified atom stereocenters. The van der Waals surface area contributed by atoms with Crippen molar-refractivity contribution in [2.24, 2.45) is 0 Å². The van der Waals surface area contributed by atoms with Gasteiger partial charge < -0.3 is 15.4 Å². The molecule has 8 heteroatoms. The number of carbonyl (C=O) groups is 1. The first kappa shape index (κ1) is 19.5. The summed E-state index contributed by atoms with van der Waals surface area (Å²) in [6.45, 7) is 0. The minimum absolute atomic E-state index is 0.400. The normalized spacial score (nSPS) is 10.5. The van der Waals surface area contributed by atoms with E-state index in [-0.39, 0.29) is 0 Å². The van der Waals surface area contributed by atoms with Crippen LogP contribution in [-0.4, -0.2) is 27.7 Å². The quantitative estimate of drug-likeness (QED) is 0.463. The molecular formula is C22H18ClN5O2. The summed E-state index contributed by atoms with van der Waals surface area (Å²) in [6, 6.07) is 15.9. The van der Waals surface area contributed by atoms with Crippen molar-refractivity contribution in [2.75, 3.05) is 17.7 Å². The largest absolute Gasteiger partial charge is 0.495 e. The number of benzene rings is 2. The highest BCUT2D eigenvalue weighted by molar-refractivity contribution is 6.31. The number of urea groups is 1. The minimum Gasteiger partial charge on any atom is -0.495 e. The molecule has 30 heavy (non-hydrogen) atoms. The molecule has 0 radical (unpaired) electrons. The molecule has 0 aliphatic heterocycles. The molecule has 2 aromatic carbocycles. The molecule has 0 spiro atoms. The highest BCUT2D eigenvalue weighted by Crippen LogP contribution is 2.28. The van der Waals surface area contributed by atoms with Crippen molar-refractivity contribution < 1.29 is 9.53 Å². The molecule has 0 saturated heterocycles. The van der Waals surface area contributed by atoms with Crippen molar-refractivity contribution in [1.29, 1.82) is 0 Å². The van der Waals surface area contributed by atoms with Crippen LogP contribution in [0.5, 0.6) is 5.75 Å². The summed E-state index contributed by atoms with van der Waals surface area (Å²) in [5.41, 5.74) is 3.01. The molecular weight excluding hydrogens is 402 g/mol. The number of nitrogens with one attached hydrogen (secondary N) is 2. The Morgan fingerprint density at radius 3 is 2.50 bits per heavy atom. The molecule has 150 valence electrons. The molecule has 0 bridgehead atoms. The predicted molar refractivity (Wildman–Crippen MR) is 117 cm³/mol. The zero-order valence-electron chi connectivity index (χ0n) is 16.0. The molecule has 0 fully saturated rings. The standard InChI is InChI=1S/C22H18ClN5O2/c1-30-20-7-2-16(23)14-19(20)27-22(29)26-17-3-5-18(6-4-17)28-13-12-25-21(28)15-8-10-24-11-9-15/h2-14H,1H3,(H2,26,27,29). The third-order valence-electron chi connectivity index (χ3n) is 4.39. The lowest BCUT2D eigenvalue weighted by Crippen LogP contribution is -2.19. The van der Waals surface area contributed by atoms with Crippen LogP contribution in [0.15, 0.2) is 79.4 Å². The van der Waals surface area contributed by atoms with E-state index in [0.717, 1.165) is 17.1 Å². The maximum Gasteiger partial charge on any atom is 0.323 e. The van der Waals surface area contributed by atoms with Gasteiger partial charge in [0.2, 0.25) is 0 Å². The van der Waals surface area contributed by atoms with Crippen LogP contribution in [0.2, 0.25) is 5.02 Å². The van der Waals surface area contributed by atoms with Gasteiger partial charge in [-0.25, -0.2) is 9.78 Å². The summed E-state index contributed by atoms with van der Waals surface area (Å²) in [5.74, 6) is 1.33. The van der Waals surface area contributed by atoms with E-state index in [1.165, 1.54) is 7.11 Å². The van der Waals surface area contributed by atoms with Crippen LogP contribution < -0.4 is 15.4 Å². The first-order valence-corrected chi connectivity index (χ1v) is 9.47. The van der Waals surface area contributed by atoms with Crippen molar-refractivity contribution in [2.45, 2.75) is 0 Å². The number of aromatic nitrogens is 3. The van der Waals surface area contributed by atoms with Gasteiger partial charge in [-0.2, -0.15) is 0 Å². The number of nitrogens with zero attached hydrogens (tertiary/aromatic N) is 3. The predicted octanol–water partition coefficient (Wildman–Crippen LogP) is 5.24. The molecule has 2 amide bonds. The van der Waals surface area contributed by atoms with E-state index in [1.807, 2.05) is 47.2 Å². The third kappa shape index (κ3) is 4.26. The smallest absolute Gasteiger partial charge is 0.323 e. The highest BCUT2D eigenvalue weighted by atomic mass is 35.5. The van der Waals surface area contributed by atoms with Crippen molar-refractivity contribution in [3.63, 3.8) is 0 Å². The molecule has 7 nitrogen and oxygen atoms in total. The van der Waals surface area contributed by atoms with Crippen molar-refractivity contribution >= 4 is 29.0 Å². The average Bonchev–Trinajstić information content (AvgIpc) is 3.25. The Labute approximate surface area is 178 Å². The molecule has 4 aromatic rings. The van der Waals surface area contributed by atoms with Gasteiger partial charge in [-0.05, 0) is 54.6 Å². The van der Waals surface area contributed by atoms with Gasteiger partial charge in [-0.3, -0.25) is 9.55 Å². The van der Waals surface area contributed by atoms with Crippen LogP contribution in [0.1, 0.15) is 0 Å². The zero-order chi connectivity index (χ0) is 20.9. The summed E-state index contributed by atoms with van der Waals surface area (Å²) >= 11 is 6.00. The number of halogens is 1. The Hall–Kier alpha value is -3.84. The lowest BCUT2D eigenvalue weighted by molar-refractivity contribution is 0.262. The Bertz CT molecular complexity index is 1160. The molecule has 0 saturated carbocycles. The molecule has 0 atom stereocenters. The van der Waals surface area contributed by atoms with Crippen LogP contribution in [0.25, 0.3) is 17.1 Å². The fourth-order valence-electron chi connectivity index (χ4n) is 2.99. The number of methoxy groups -OCH3 is 1. The molecule has 4 rings (SSSR count). The van der Waals surface area contributed by atoms with Crippen molar-refractivity contribution in [3.8, 4) is 22.8 Å². The summed E-state index contributed by atoms with van der Waals surface area (Å²) in [6.07, 6.45) is 7.09. The first-order chi connectivity index (χ1) is 14.6. The SMILES string of the molecule is COc1ccc(Cl)cc1NC(=O)Nc1ccc(-n2ccnc2-c2ccncc2)cc1. The van der Waals surface area contributed by atoms with E-state index in [4.69, 9.17) is 16.3 Å². The Balaban J connectivity index is 1.48. The number of hydrogen-bond donors (Lipinski definition) is 2. The third-order valence-corrected chi connectivity index (χ3v) is 4.63. The number of pyridine rings is 1. The van der Waals surface area contributed by atoms with E-state index >= 15 is 0 Å².